The van der Waals surface area contributed by atoms with E-state index in [2.05, 4.69) is 5.32 Å². The summed E-state index contributed by atoms with van der Waals surface area (Å²) in [6.07, 6.45) is 0. The number of primary sulfonamides is 1. The van der Waals surface area contributed by atoms with Crippen molar-refractivity contribution in [1.82, 2.24) is 5.32 Å². The van der Waals surface area contributed by atoms with Crippen molar-refractivity contribution in [2.45, 2.75) is 17.9 Å². The topological polar surface area (TPSA) is 116 Å². The Morgan fingerprint density at radius 3 is 2.35 bits per heavy atom. The van der Waals surface area contributed by atoms with E-state index < -0.39 is 40.4 Å². The van der Waals surface area contributed by atoms with Crippen LogP contribution >= 0.6 is 0 Å². The van der Waals surface area contributed by atoms with Crippen LogP contribution < -0.4 is 10.5 Å². The molecule has 0 fully saturated rings. The number of sulfonamides is 1. The number of amides is 1. The van der Waals surface area contributed by atoms with Gasteiger partial charge < -0.3 is 10.1 Å². The van der Waals surface area contributed by atoms with Gasteiger partial charge in [-0.3, -0.25) is 4.79 Å². The van der Waals surface area contributed by atoms with E-state index in [9.17, 15) is 22.4 Å². The van der Waals surface area contributed by atoms with Crippen molar-refractivity contribution < 1.29 is 27.1 Å². The van der Waals surface area contributed by atoms with Crippen molar-refractivity contribution in [3.05, 3.63) is 65.5 Å². The summed E-state index contributed by atoms with van der Waals surface area (Å²) in [7, 11) is -3.79. The highest BCUT2D eigenvalue weighted by Crippen LogP contribution is 2.15. The molecule has 3 N–H and O–H groups in total. The van der Waals surface area contributed by atoms with Crippen LogP contribution in [0, 0.1) is 5.82 Å². The summed E-state index contributed by atoms with van der Waals surface area (Å²) in [6.45, 7) is 1.09. The number of nitrogens with one attached hydrogen (secondary N) is 1. The van der Waals surface area contributed by atoms with Gasteiger partial charge in [0.1, 0.15) is 5.82 Å². The van der Waals surface area contributed by atoms with Crippen molar-refractivity contribution in [2.75, 3.05) is 6.61 Å². The Bertz CT molecular complexity index is 913. The van der Waals surface area contributed by atoms with Gasteiger partial charge in [-0.25, -0.2) is 22.7 Å². The minimum absolute atomic E-state index is 0.0430. The van der Waals surface area contributed by atoms with Crippen molar-refractivity contribution in [2.24, 2.45) is 5.14 Å². The first-order chi connectivity index (χ1) is 12.2. The predicted octanol–water partition coefficient (Wildman–Crippen LogP) is 1.51. The normalized spacial score (nSPS) is 12.3. The van der Waals surface area contributed by atoms with E-state index in [4.69, 9.17) is 9.88 Å². The lowest BCUT2D eigenvalue weighted by Gasteiger charge is -2.15. The van der Waals surface area contributed by atoms with Crippen LogP contribution in [0.3, 0.4) is 0 Å². The molecule has 138 valence electrons. The molecule has 2 aromatic rings. The van der Waals surface area contributed by atoms with Crippen molar-refractivity contribution in [1.29, 1.82) is 0 Å². The molecular weight excluding hydrogens is 363 g/mol. The Hall–Kier alpha value is -2.78. The largest absolute Gasteiger partial charge is 0.452 e. The van der Waals surface area contributed by atoms with Crippen LogP contribution in [0.2, 0.25) is 0 Å². The summed E-state index contributed by atoms with van der Waals surface area (Å²) in [5.74, 6) is -2.26. The van der Waals surface area contributed by atoms with Gasteiger partial charge in [-0.15, -0.1) is 0 Å². The molecular formula is C17H17FN2O5S. The van der Waals surface area contributed by atoms with E-state index in [1.807, 2.05) is 0 Å². The fraction of sp³-hybridized carbons (Fsp3) is 0.176. The van der Waals surface area contributed by atoms with E-state index in [1.54, 1.807) is 6.92 Å². The molecule has 0 aliphatic heterocycles. The van der Waals surface area contributed by atoms with E-state index in [-0.39, 0.29) is 10.5 Å². The average molecular weight is 380 g/mol. The summed E-state index contributed by atoms with van der Waals surface area (Å²) >= 11 is 0. The molecule has 0 radical (unpaired) electrons. The molecule has 0 aromatic heterocycles. The molecule has 0 saturated heterocycles. The molecule has 0 saturated carbocycles. The van der Waals surface area contributed by atoms with E-state index in [0.717, 1.165) is 6.07 Å². The maximum atomic E-state index is 13.5. The highest BCUT2D eigenvalue weighted by molar-refractivity contribution is 7.89. The van der Waals surface area contributed by atoms with Crippen LogP contribution in [0.5, 0.6) is 0 Å². The lowest BCUT2D eigenvalue weighted by atomic mass is 10.1. The second-order valence-electron chi connectivity index (χ2n) is 5.46. The van der Waals surface area contributed by atoms with Gasteiger partial charge in [0.2, 0.25) is 10.0 Å². The first kappa shape index (κ1) is 19.5. The highest BCUT2D eigenvalue weighted by atomic mass is 32.2. The number of hydrogen-bond donors (Lipinski definition) is 2. The Morgan fingerprint density at radius 2 is 1.77 bits per heavy atom. The average Bonchev–Trinajstić information content (AvgIpc) is 2.59. The van der Waals surface area contributed by atoms with Crippen molar-refractivity contribution >= 4 is 21.9 Å². The number of esters is 1. The summed E-state index contributed by atoms with van der Waals surface area (Å²) in [4.78, 5) is 23.6. The Labute approximate surface area is 150 Å². The van der Waals surface area contributed by atoms with Gasteiger partial charge >= 0.3 is 5.97 Å². The number of hydrogen-bond acceptors (Lipinski definition) is 5. The molecule has 0 bridgehead atoms. The number of ether oxygens (including phenoxy) is 1. The number of benzene rings is 2. The SMILES string of the molecule is C[C@H](NC(=O)COC(=O)c1ccccc1F)c1ccc(S(N)(=O)=O)cc1. The van der Waals surface area contributed by atoms with Gasteiger partial charge in [0.15, 0.2) is 6.61 Å². The molecule has 0 aliphatic rings. The van der Waals surface area contributed by atoms with Gasteiger partial charge in [-0.2, -0.15) is 0 Å². The minimum Gasteiger partial charge on any atom is -0.452 e. The molecule has 7 nitrogen and oxygen atoms in total. The third-order valence-corrected chi connectivity index (χ3v) is 4.44. The molecule has 26 heavy (non-hydrogen) atoms. The van der Waals surface area contributed by atoms with Gasteiger partial charge in [0.25, 0.3) is 5.91 Å². The number of carbonyl (C=O) groups excluding carboxylic acids is 2. The summed E-state index contributed by atoms with van der Waals surface area (Å²) < 4.78 is 40.7. The number of halogens is 1. The molecule has 2 aromatic carbocycles. The number of carbonyl (C=O) groups is 2. The van der Waals surface area contributed by atoms with Crippen LogP contribution in [0.4, 0.5) is 4.39 Å². The fourth-order valence-corrected chi connectivity index (χ4v) is 2.66. The summed E-state index contributed by atoms with van der Waals surface area (Å²) in [6, 6.07) is 10.5. The Balaban J connectivity index is 1.91. The molecule has 1 amide bonds. The van der Waals surface area contributed by atoms with Crippen LogP contribution in [0.1, 0.15) is 28.9 Å². The molecule has 0 aliphatic carbocycles. The van der Waals surface area contributed by atoms with Crippen LogP contribution in [0.25, 0.3) is 0 Å². The predicted molar refractivity (Wildman–Crippen MR) is 91.1 cm³/mol. The van der Waals surface area contributed by atoms with Crippen LogP contribution in [-0.2, 0) is 19.6 Å². The zero-order valence-corrected chi connectivity index (χ0v) is 14.6. The Kier molecular flexibility index (Phi) is 6.06. The van der Waals surface area contributed by atoms with Crippen molar-refractivity contribution in [3.8, 4) is 0 Å². The van der Waals surface area contributed by atoms with Gasteiger partial charge in [0, 0.05) is 0 Å². The first-order valence-electron chi connectivity index (χ1n) is 7.52. The number of rotatable bonds is 6. The van der Waals surface area contributed by atoms with Gasteiger partial charge in [-0.05, 0) is 36.8 Å². The molecule has 9 heteroatoms. The lowest BCUT2D eigenvalue weighted by molar-refractivity contribution is -0.124. The van der Waals surface area contributed by atoms with Crippen molar-refractivity contribution in [3.63, 3.8) is 0 Å². The van der Waals surface area contributed by atoms with Crippen LogP contribution in [-0.4, -0.2) is 26.9 Å². The fourth-order valence-electron chi connectivity index (χ4n) is 2.15. The highest BCUT2D eigenvalue weighted by Gasteiger charge is 2.16. The molecule has 2 rings (SSSR count). The summed E-state index contributed by atoms with van der Waals surface area (Å²) in [5, 5.41) is 7.60. The monoisotopic (exact) mass is 380 g/mol. The van der Waals surface area contributed by atoms with E-state index >= 15 is 0 Å². The minimum atomic E-state index is -3.79. The van der Waals surface area contributed by atoms with Gasteiger partial charge in [0.05, 0.1) is 16.5 Å². The molecule has 0 unspecified atom stereocenters. The third kappa shape index (κ3) is 5.11. The molecule has 1 atom stereocenters. The second kappa shape index (κ2) is 8.07. The quantitative estimate of drug-likeness (QED) is 0.737. The molecule has 0 spiro atoms. The lowest BCUT2D eigenvalue weighted by Crippen LogP contribution is -2.31. The molecule has 0 heterocycles. The maximum absolute atomic E-state index is 13.5. The maximum Gasteiger partial charge on any atom is 0.341 e. The summed E-state index contributed by atoms with van der Waals surface area (Å²) in [5.41, 5.74) is 0.373. The second-order valence-corrected chi connectivity index (χ2v) is 7.02. The smallest absolute Gasteiger partial charge is 0.341 e. The van der Waals surface area contributed by atoms with E-state index in [1.165, 1.54) is 42.5 Å². The van der Waals surface area contributed by atoms with Crippen LogP contribution in [0.15, 0.2) is 53.4 Å². The zero-order valence-electron chi connectivity index (χ0n) is 13.8. The van der Waals surface area contributed by atoms with Gasteiger partial charge in [-0.1, -0.05) is 24.3 Å². The first-order valence-corrected chi connectivity index (χ1v) is 9.07. The zero-order chi connectivity index (χ0) is 19.3. The third-order valence-electron chi connectivity index (χ3n) is 3.51. The Morgan fingerprint density at radius 1 is 1.15 bits per heavy atom. The number of nitrogens with two attached hydrogens (primary N) is 1. The van der Waals surface area contributed by atoms with E-state index in [0.29, 0.717) is 5.56 Å². The standard InChI is InChI=1S/C17H17FN2O5S/c1-11(12-6-8-13(9-7-12)26(19,23)24)20-16(21)10-25-17(22)14-4-2-3-5-15(14)18/h2-9,11H,10H2,1H3,(H,20,21)(H2,19,23,24)/t11-/m0/s1.